The lowest BCUT2D eigenvalue weighted by Gasteiger charge is -2.13. The number of carbonyl (C=O) groups excluding carboxylic acids is 3. The Bertz CT molecular complexity index is 1630. The molecule has 0 bridgehead atoms. The molecule has 6 nitrogen and oxygen atoms in total. The van der Waals surface area contributed by atoms with E-state index in [-0.39, 0.29) is 44.7 Å². The molecule has 0 radical (unpaired) electrons. The van der Waals surface area contributed by atoms with Gasteiger partial charge in [0.25, 0.3) is 11.1 Å². The topological polar surface area (TPSA) is 72.9 Å². The molecule has 38 heavy (non-hydrogen) atoms. The molecule has 4 aromatic rings. The van der Waals surface area contributed by atoms with Gasteiger partial charge in [-0.2, -0.15) is 0 Å². The lowest BCUT2D eigenvalue weighted by Crippen LogP contribution is -2.27. The second kappa shape index (κ2) is 10.9. The molecular weight excluding hydrogens is 545 g/mol. The minimum absolute atomic E-state index is 0.155. The molecule has 0 saturated carbocycles. The van der Waals surface area contributed by atoms with Crippen molar-refractivity contribution in [2.75, 3.05) is 7.11 Å². The third kappa shape index (κ3) is 5.41. The van der Waals surface area contributed by atoms with Crippen LogP contribution in [-0.2, 0) is 11.3 Å². The third-order valence-electron chi connectivity index (χ3n) is 5.87. The maximum absolute atomic E-state index is 13.1. The Labute approximate surface area is 232 Å². The van der Waals surface area contributed by atoms with Gasteiger partial charge in [0.15, 0.2) is 11.5 Å². The van der Waals surface area contributed by atoms with Crippen molar-refractivity contribution < 1.29 is 23.9 Å². The molecule has 5 rings (SSSR count). The molecule has 1 heterocycles. The van der Waals surface area contributed by atoms with Gasteiger partial charge >= 0.3 is 5.97 Å². The summed E-state index contributed by atoms with van der Waals surface area (Å²) in [6, 6.07) is 23.1. The standard InChI is InChI=1S/C29H19Cl2NO5S/c1-36-25-13-17(7-11-24(25)37-28(34)22-10-9-21(30)15-23(22)31)14-26-27(33)32(29(35)38-26)16-18-6-8-19-4-2-3-5-20(19)12-18/h2-15H,16H2,1H3/b26-14-. The van der Waals surface area contributed by atoms with Gasteiger partial charge in [-0.15, -0.1) is 0 Å². The average molecular weight is 564 g/mol. The van der Waals surface area contributed by atoms with Crippen molar-refractivity contribution in [2.24, 2.45) is 0 Å². The first-order chi connectivity index (χ1) is 18.3. The van der Waals surface area contributed by atoms with Crippen LogP contribution in [0.15, 0.2) is 83.8 Å². The van der Waals surface area contributed by atoms with Gasteiger partial charge in [0.1, 0.15) is 0 Å². The van der Waals surface area contributed by atoms with Crippen LogP contribution < -0.4 is 9.47 Å². The maximum atomic E-state index is 13.1. The fraction of sp³-hybridized carbons (Fsp3) is 0.0690. The van der Waals surface area contributed by atoms with Crippen molar-refractivity contribution in [1.82, 2.24) is 4.90 Å². The number of halogens is 2. The van der Waals surface area contributed by atoms with Gasteiger partial charge in [-0.25, -0.2) is 4.79 Å². The Balaban J connectivity index is 1.33. The number of rotatable bonds is 6. The Morgan fingerprint density at radius 2 is 1.71 bits per heavy atom. The molecular formula is C29H19Cl2NO5S. The van der Waals surface area contributed by atoms with Gasteiger partial charge in [0.05, 0.1) is 29.1 Å². The summed E-state index contributed by atoms with van der Waals surface area (Å²) in [6.07, 6.45) is 1.61. The number of ether oxygens (including phenoxy) is 2. The Hall–Kier alpha value is -3.78. The summed E-state index contributed by atoms with van der Waals surface area (Å²) < 4.78 is 10.9. The minimum Gasteiger partial charge on any atom is -0.493 e. The highest BCUT2D eigenvalue weighted by Crippen LogP contribution is 2.36. The summed E-state index contributed by atoms with van der Waals surface area (Å²) in [4.78, 5) is 39.8. The smallest absolute Gasteiger partial charge is 0.345 e. The molecule has 0 aliphatic carbocycles. The monoisotopic (exact) mass is 563 g/mol. The van der Waals surface area contributed by atoms with Crippen LogP contribution in [0.3, 0.4) is 0 Å². The van der Waals surface area contributed by atoms with Crippen molar-refractivity contribution >= 4 is 68.9 Å². The third-order valence-corrected chi connectivity index (χ3v) is 7.32. The number of fused-ring (bicyclic) bond motifs is 1. The fourth-order valence-corrected chi connectivity index (χ4v) is 5.30. The van der Waals surface area contributed by atoms with E-state index in [2.05, 4.69) is 0 Å². The molecule has 4 aromatic carbocycles. The first-order valence-corrected chi connectivity index (χ1v) is 13.0. The molecule has 9 heteroatoms. The lowest BCUT2D eigenvalue weighted by atomic mass is 10.1. The molecule has 0 unspecified atom stereocenters. The van der Waals surface area contributed by atoms with E-state index in [1.165, 1.54) is 30.2 Å². The number of hydrogen-bond donors (Lipinski definition) is 0. The van der Waals surface area contributed by atoms with Crippen LogP contribution in [0.25, 0.3) is 16.8 Å². The van der Waals surface area contributed by atoms with Crippen molar-refractivity contribution in [3.63, 3.8) is 0 Å². The predicted octanol–water partition coefficient (Wildman–Crippen LogP) is 7.61. The van der Waals surface area contributed by atoms with E-state index in [0.29, 0.717) is 10.6 Å². The van der Waals surface area contributed by atoms with Crippen molar-refractivity contribution in [3.8, 4) is 11.5 Å². The number of carbonyl (C=O) groups is 3. The quantitative estimate of drug-likeness (QED) is 0.136. The zero-order valence-corrected chi connectivity index (χ0v) is 22.3. The second-order valence-corrected chi connectivity index (χ2v) is 10.2. The van der Waals surface area contributed by atoms with Gasteiger partial charge in [0, 0.05) is 5.02 Å². The number of esters is 1. The normalized spacial score (nSPS) is 14.4. The highest BCUT2D eigenvalue weighted by molar-refractivity contribution is 8.18. The van der Waals surface area contributed by atoms with Crippen molar-refractivity contribution in [1.29, 1.82) is 0 Å². The highest BCUT2D eigenvalue weighted by Gasteiger charge is 2.35. The Kier molecular flexibility index (Phi) is 7.42. The van der Waals surface area contributed by atoms with Gasteiger partial charge in [-0.3, -0.25) is 14.5 Å². The maximum Gasteiger partial charge on any atom is 0.345 e. The SMILES string of the molecule is COc1cc(/C=C2\SC(=O)N(Cc3ccc4ccccc4c3)C2=O)ccc1OC(=O)c1ccc(Cl)cc1Cl. The van der Waals surface area contributed by atoms with E-state index in [1.807, 2.05) is 42.5 Å². The molecule has 1 aliphatic heterocycles. The second-order valence-electron chi connectivity index (χ2n) is 8.37. The van der Waals surface area contributed by atoms with E-state index < -0.39 is 5.97 Å². The molecule has 0 aromatic heterocycles. The van der Waals surface area contributed by atoms with Gasteiger partial charge in [-0.05, 0) is 76.1 Å². The summed E-state index contributed by atoms with van der Waals surface area (Å²) in [7, 11) is 1.43. The number of amides is 2. The number of nitrogens with zero attached hydrogens (tertiary/aromatic N) is 1. The van der Waals surface area contributed by atoms with Crippen LogP contribution in [-0.4, -0.2) is 29.1 Å². The summed E-state index contributed by atoms with van der Waals surface area (Å²) in [5.74, 6) is -0.606. The number of benzene rings is 4. The summed E-state index contributed by atoms with van der Waals surface area (Å²) in [5.41, 5.74) is 1.62. The van der Waals surface area contributed by atoms with E-state index in [9.17, 15) is 14.4 Å². The predicted molar refractivity (Wildman–Crippen MR) is 150 cm³/mol. The summed E-state index contributed by atoms with van der Waals surface area (Å²) in [6.45, 7) is 0.179. The molecule has 1 saturated heterocycles. The van der Waals surface area contributed by atoms with E-state index in [4.69, 9.17) is 32.7 Å². The van der Waals surface area contributed by atoms with Gasteiger partial charge < -0.3 is 9.47 Å². The van der Waals surface area contributed by atoms with Crippen molar-refractivity contribution in [2.45, 2.75) is 6.54 Å². The molecule has 190 valence electrons. The molecule has 1 aliphatic rings. The summed E-state index contributed by atoms with van der Waals surface area (Å²) in [5, 5.41) is 2.35. The number of methoxy groups -OCH3 is 1. The van der Waals surface area contributed by atoms with Gasteiger partial charge in [-0.1, -0.05) is 65.7 Å². The van der Waals surface area contributed by atoms with Crippen LogP contribution in [0.1, 0.15) is 21.5 Å². The zero-order chi connectivity index (χ0) is 26.8. The molecule has 0 N–H and O–H groups in total. The first-order valence-electron chi connectivity index (χ1n) is 11.4. The van der Waals surface area contributed by atoms with Crippen molar-refractivity contribution in [3.05, 3.63) is 111 Å². The Morgan fingerprint density at radius 3 is 2.47 bits per heavy atom. The molecule has 1 fully saturated rings. The molecule has 0 spiro atoms. The summed E-state index contributed by atoms with van der Waals surface area (Å²) >= 11 is 12.9. The highest BCUT2D eigenvalue weighted by atomic mass is 35.5. The van der Waals surface area contributed by atoms with E-state index in [0.717, 1.165) is 28.1 Å². The minimum atomic E-state index is -0.674. The Morgan fingerprint density at radius 1 is 0.921 bits per heavy atom. The number of thioether (sulfide) groups is 1. The first kappa shape index (κ1) is 25.9. The largest absolute Gasteiger partial charge is 0.493 e. The van der Waals surface area contributed by atoms with Crippen LogP contribution in [0, 0.1) is 0 Å². The fourth-order valence-electron chi connectivity index (χ4n) is 3.98. The van der Waals surface area contributed by atoms with Crippen LogP contribution in [0.2, 0.25) is 10.0 Å². The van der Waals surface area contributed by atoms with Crippen LogP contribution >= 0.6 is 35.0 Å². The number of hydrogen-bond acceptors (Lipinski definition) is 6. The molecule has 0 atom stereocenters. The lowest BCUT2D eigenvalue weighted by molar-refractivity contribution is -0.123. The van der Waals surface area contributed by atoms with Crippen LogP contribution in [0.4, 0.5) is 4.79 Å². The van der Waals surface area contributed by atoms with Gasteiger partial charge in [0.2, 0.25) is 0 Å². The number of imide groups is 1. The van der Waals surface area contributed by atoms with E-state index >= 15 is 0 Å². The zero-order valence-electron chi connectivity index (χ0n) is 19.9. The van der Waals surface area contributed by atoms with Crippen LogP contribution in [0.5, 0.6) is 11.5 Å². The molecule has 2 amide bonds. The van der Waals surface area contributed by atoms with E-state index in [1.54, 1.807) is 24.3 Å². The average Bonchev–Trinajstić information content (AvgIpc) is 3.16.